The Morgan fingerprint density at radius 3 is 1.73 bits per heavy atom. The van der Waals surface area contributed by atoms with Crippen LogP contribution in [0.2, 0.25) is 0 Å². The fraction of sp³-hybridized carbons (Fsp3) is 0.900. The molecule has 2 aliphatic rings. The molecule has 2 heteroatoms. The van der Waals surface area contributed by atoms with Crippen molar-refractivity contribution < 1.29 is 0 Å². The van der Waals surface area contributed by atoms with E-state index in [-0.39, 0.29) is 0 Å². The Bertz CT molecular complexity index is 265. The third kappa shape index (κ3) is 8.33. The molecule has 0 aromatic carbocycles. The van der Waals surface area contributed by atoms with Gasteiger partial charge in [-0.25, -0.2) is 0 Å². The molecule has 0 N–H and O–H groups in total. The van der Waals surface area contributed by atoms with Gasteiger partial charge >= 0.3 is 0 Å². The van der Waals surface area contributed by atoms with Crippen LogP contribution in [0.5, 0.6) is 0 Å². The molecule has 0 aromatic heterocycles. The minimum atomic E-state index is 0.718. The van der Waals surface area contributed by atoms with E-state index in [0.29, 0.717) is 0 Å². The highest BCUT2D eigenvalue weighted by atomic mass is 15.1. The molecule has 0 unspecified atom stereocenters. The Morgan fingerprint density at radius 1 is 0.955 bits per heavy atom. The monoisotopic (exact) mass is 310 g/mol. The average Bonchev–Trinajstić information content (AvgIpc) is 2.54. The fourth-order valence-corrected chi connectivity index (χ4v) is 3.32. The lowest BCUT2D eigenvalue weighted by molar-refractivity contribution is 0.0448. The van der Waals surface area contributed by atoms with E-state index in [4.69, 9.17) is 0 Å². The molecule has 0 radical (unpaired) electrons. The Hall–Kier alpha value is -0.340. The second-order valence-corrected chi connectivity index (χ2v) is 7.01. The Morgan fingerprint density at radius 2 is 1.41 bits per heavy atom. The van der Waals surface area contributed by atoms with Crippen LogP contribution in [0.3, 0.4) is 0 Å². The van der Waals surface area contributed by atoms with Crippen LogP contribution in [0.1, 0.15) is 67.2 Å². The van der Waals surface area contributed by atoms with Gasteiger partial charge in [0.2, 0.25) is 0 Å². The highest BCUT2D eigenvalue weighted by molar-refractivity contribution is 4.89. The number of hydrogen-bond acceptors (Lipinski definition) is 2. The highest BCUT2D eigenvalue weighted by Crippen LogP contribution is 2.40. The van der Waals surface area contributed by atoms with Gasteiger partial charge in [0.1, 0.15) is 0 Å². The predicted octanol–water partition coefficient (Wildman–Crippen LogP) is 5.06. The summed E-state index contributed by atoms with van der Waals surface area (Å²) in [5.74, 6) is 0.718. The molecular weight excluding hydrogens is 268 g/mol. The molecule has 1 spiro atoms. The lowest BCUT2D eigenvalue weighted by Crippen LogP contribution is -2.45. The summed E-state index contributed by atoms with van der Waals surface area (Å²) in [7, 11) is 2.26. The zero-order valence-electron chi connectivity index (χ0n) is 16.5. The van der Waals surface area contributed by atoms with Crippen LogP contribution in [-0.4, -0.2) is 49.6 Å². The molecule has 0 amide bonds. The second kappa shape index (κ2) is 12.1. The number of hydrogen-bond donors (Lipinski definition) is 0. The smallest absolute Gasteiger partial charge is 0.00135 e. The maximum absolute atomic E-state index is 2.60. The van der Waals surface area contributed by atoms with Crippen molar-refractivity contribution in [1.29, 1.82) is 0 Å². The van der Waals surface area contributed by atoms with E-state index in [0.717, 1.165) is 11.3 Å². The Balaban J connectivity index is 0.000000470. The molecule has 22 heavy (non-hydrogen) atoms. The SMILES string of the molecule is C/C=C/C(C)C.CC.CCN1CCC2(CCN(C)CC2)CC1. The van der Waals surface area contributed by atoms with Crippen LogP contribution in [-0.2, 0) is 0 Å². The summed E-state index contributed by atoms with van der Waals surface area (Å²) >= 11 is 0. The third-order valence-corrected chi connectivity index (χ3v) is 4.99. The van der Waals surface area contributed by atoms with Gasteiger partial charge < -0.3 is 9.80 Å². The van der Waals surface area contributed by atoms with Gasteiger partial charge in [0.05, 0.1) is 0 Å². The van der Waals surface area contributed by atoms with E-state index in [2.05, 4.69) is 49.8 Å². The molecule has 2 heterocycles. The average molecular weight is 311 g/mol. The molecule has 0 saturated carbocycles. The van der Waals surface area contributed by atoms with Gasteiger partial charge in [-0.2, -0.15) is 0 Å². The van der Waals surface area contributed by atoms with Crippen molar-refractivity contribution in [2.75, 3.05) is 39.8 Å². The highest BCUT2D eigenvalue weighted by Gasteiger charge is 2.36. The number of rotatable bonds is 2. The Kier molecular flexibility index (Phi) is 11.9. The van der Waals surface area contributed by atoms with Crippen molar-refractivity contribution in [2.24, 2.45) is 11.3 Å². The van der Waals surface area contributed by atoms with Crippen LogP contribution in [0.25, 0.3) is 0 Å². The minimum Gasteiger partial charge on any atom is -0.306 e. The zero-order valence-corrected chi connectivity index (χ0v) is 16.5. The molecule has 2 aliphatic heterocycles. The van der Waals surface area contributed by atoms with Gasteiger partial charge in [-0.3, -0.25) is 0 Å². The standard InChI is InChI=1S/C12H24N2.C6H12.C2H6/c1-3-14-10-6-12(7-11-14)4-8-13(2)9-5-12;1-4-5-6(2)3;1-2/h3-11H2,1-2H3;4-6H,1-3H3;1-2H3/b;5-4+;. The van der Waals surface area contributed by atoms with E-state index >= 15 is 0 Å². The molecular formula is C20H42N2. The summed E-state index contributed by atoms with van der Waals surface area (Å²) < 4.78 is 0. The van der Waals surface area contributed by atoms with E-state index in [1.165, 1.54) is 58.4 Å². The summed E-state index contributed by atoms with van der Waals surface area (Å²) in [5, 5.41) is 0. The quantitative estimate of drug-likeness (QED) is 0.658. The Labute approximate surface area is 141 Å². The van der Waals surface area contributed by atoms with E-state index in [1.807, 2.05) is 20.8 Å². The van der Waals surface area contributed by atoms with Crippen molar-refractivity contribution in [3.8, 4) is 0 Å². The second-order valence-electron chi connectivity index (χ2n) is 7.01. The van der Waals surface area contributed by atoms with Crippen LogP contribution < -0.4 is 0 Å². The number of nitrogens with zero attached hydrogens (tertiary/aromatic N) is 2. The third-order valence-electron chi connectivity index (χ3n) is 4.99. The summed E-state index contributed by atoms with van der Waals surface area (Å²) in [5.41, 5.74) is 0.734. The molecule has 0 aromatic rings. The number of likely N-dealkylation sites (tertiary alicyclic amines) is 2. The maximum Gasteiger partial charge on any atom is -0.00135 e. The molecule has 2 rings (SSSR count). The van der Waals surface area contributed by atoms with Gasteiger partial charge in [-0.15, -0.1) is 0 Å². The maximum atomic E-state index is 2.60. The molecule has 132 valence electrons. The largest absolute Gasteiger partial charge is 0.306 e. The summed E-state index contributed by atoms with van der Waals surface area (Å²) in [6.45, 7) is 19.3. The van der Waals surface area contributed by atoms with Gasteiger partial charge in [0.15, 0.2) is 0 Å². The van der Waals surface area contributed by atoms with Crippen LogP contribution in [0, 0.1) is 11.3 Å². The minimum absolute atomic E-state index is 0.718. The summed E-state index contributed by atoms with van der Waals surface area (Å²) in [4.78, 5) is 5.08. The van der Waals surface area contributed by atoms with Crippen LogP contribution in [0.4, 0.5) is 0 Å². The summed E-state index contributed by atoms with van der Waals surface area (Å²) in [6.07, 6.45) is 10.0. The van der Waals surface area contributed by atoms with Crippen LogP contribution >= 0.6 is 0 Å². The molecule has 2 fully saturated rings. The predicted molar refractivity (Wildman–Crippen MR) is 102 cm³/mol. The van der Waals surface area contributed by atoms with E-state index in [1.54, 1.807) is 0 Å². The first-order valence-electron chi connectivity index (χ1n) is 9.55. The molecule has 0 bridgehead atoms. The van der Waals surface area contributed by atoms with E-state index < -0.39 is 0 Å². The first kappa shape index (κ1) is 21.7. The van der Waals surface area contributed by atoms with Gasteiger partial charge in [0.25, 0.3) is 0 Å². The summed E-state index contributed by atoms with van der Waals surface area (Å²) in [6, 6.07) is 0. The first-order chi connectivity index (χ1) is 10.5. The number of allylic oxidation sites excluding steroid dienone is 2. The zero-order chi connectivity index (χ0) is 17.0. The van der Waals surface area contributed by atoms with Gasteiger partial charge in [-0.1, -0.05) is 46.8 Å². The molecule has 2 nitrogen and oxygen atoms in total. The van der Waals surface area contributed by atoms with Crippen molar-refractivity contribution in [2.45, 2.75) is 67.2 Å². The fourth-order valence-electron chi connectivity index (χ4n) is 3.32. The van der Waals surface area contributed by atoms with E-state index in [9.17, 15) is 0 Å². The molecule has 0 aliphatic carbocycles. The number of piperidine rings is 2. The van der Waals surface area contributed by atoms with Crippen molar-refractivity contribution in [3.63, 3.8) is 0 Å². The van der Waals surface area contributed by atoms with Gasteiger partial charge in [0, 0.05) is 0 Å². The molecule has 0 atom stereocenters. The van der Waals surface area contributed by atoms with Gasteiger partial charge in [-0.05, 0) is 83.7 Å². The lowest BCUT2D eigenvalue weighted by Gasteiger charge is -2.46. The lowest BCUT2D eigenvalue weighted by atomic mass is 9.71. The van der Waals surface area contributed by atoms with Crippen LogP contribution in [0.15, 0.2) is 12.2 Å². The molecule has 2 saturated heterocycles. The van der Waals surface area contributed by atoms with Crippen molar-refractivity contribution >= 4 is 0 Å². The van der Waals surface area contributed by atoms with Crippen molar-refractivity contribution in [1.82, 2.24) is 9.80 Å². The topological polar surface area (TPSA) is 6.48 Å². The first-order valence-corrected chi connectivity index (χ1v) is 9.55. The van der Waals surface area contributed by atoms with Crippen molar-refractivity contribution in [3.05, 3.63) is 12.2 Å². The normalized spacial score (nSPS) is 22.2.